The minimum absolute atomic E-state index is 0.0718. The molecule has 15 heteroatoms. The van der Waals surface area contributed by atoms with Crippen LogP contribution in [0.5, 0.6) is 5.88 Å². The maximum absolute atomic E-state index is 14.1. The predicted molar refractivity (Wildman–Crippen MR) is 163 cm³/mol. The van der Waals surface area contributed by atoms with Crippen molar-refractivity contribution in [1.29, 1.82) is 0 Å². The van der Waals surface area contributed by atoms with Gasteiger partial charge < -0.3 is 18.9 Å². The summed E-state index contributed by atoms with van der Waals surface area (Å²) in [5.41, 5.74) is 1.68. The van der Waals surface area contributed by atoms with E-state index in [1.807, 2.05) is 12.1 Å². The van der Waals surface area contributed by atoms with E-state index in [0.717, 1.165) is 29.5 Å². The van der Waals surface area contributed by atoms with Crippen molar-refractivity contribution in [2.24, 2.45) is 0 Å². The number of ether oxygens (including phenoxy) is 2. The van der Waals surface area contributed by atoms with Crippen LogP contribution in [-0.2, 0) is 30.5 Å². The van der Waals surface area contributed by atoms with Gasteiger partial charge in [0.25, 0.3) is 0 Å². The lowest BCUT2D eigenvalue weighted by Crippen LogP contribution is -2.42. The van der Waals surface area contributed by atoms with Gasteiger partial charge in [0, 0.05) is 30.8 Å². The standard InChI is InChI=1S/C32H32F3N9O3/c1-31(2,3)47-30(45)42-11-12-43-22(16-42)25(32(33,34)35)40-27(43)20-7-5-18(6-8-20)15-44-28-21(14-39-44)13-36-26(41-28)23-24(19-9-10-19)37-17-38-29(23)46-4/h5-8,13-14,17,19H,9-12,15-16H2,1-4H3. The Morgan fingerprint density at radius 1 is 1.00 bits per heavy atom. The first-order valence-electron chi connectivity index (χ1n) is 15.2. The van der Waals surface area contributed by atoms with Gasteiger partial charge in [0.05, 0.1) is 43.2 Å². The molecule has 244 valence electrons. The van der Waals surface area contributed by atoms with E-state index in [9.17, 15) is 18.0 Å². The lowest BCUT2D eigenvalue weighted by atomic mass is 10.1. The molecule has 0 bridgehead atoms. The highest BCUT2D eigenvalue weighted by molar-refractivity contribution is 5.77. The van der Waals surface area contributed by atoms with Crippen LogP contribution >= 0.6 is 0 Å². The number of benzene rings is 1. The van der Waals surface area contributed by atoms with Crippen molar-refractivity contribution in [1.82, 2.24) is 44.2 Å². The van der Waals surface area contributed by atoms with Crippen molar-refractivity contribution in [2.75, 3.05) is 13.7 Å². The lowest BCUT2D eigenvalue weighted by Gasteiger charge is -2.31. The average Bonchev–Trinajstić information content (AvgIpc) is 3.70. The van der Waals surface area contributed by atoms with Crippen LogP contribution in [0.3, 0.4) is 0 Å². The molecule has 47 heavy (non-hydrogen) atoms. The number of hydrogen-bond acceptors (Lipinski definition) is 9. The minimum Gasteiger partial charge on any atom is -0.480 e. The number of amides is 1. The number of hydrogen-bond donors (Lipinski definition) is 0. The zero-order chi connectivity index (χ0) is 33.1. The summed E-state index contributed by atoms with van der Waals surface area (Å²) in [5, 5.41) is 5.27. The molecule has 4 aromatic heterocycles. The molecule has 0 N–H and O–H groups in total. The van der Waals surface area contributed by atoms with Gasteiger partial charge in [0.1, 0.15) is 23.3 Å². The van der Waals surface area contributed by atoms with Gasteiger partial charge in [-0.15, -0.1) is 0 Å². The quantitative estimate of drug-likeness (QED) is 0.223. The van der Waals surface area contributed by atoms with Crippen LogP contribution in [-0.4, -0.2) is 69.5 Å². The third kappa shape index (κ3) is 5.97. The average molecular weight is 648 g/mol. The van der Waals surface area contributed by atoms with Gasteiger partial charge >= 0.3 is 12.3 Å². The van der Waals surface area contributed by atoms with Crippen LogP contribution in [0.2, 0.25) is 0 Å². The normalized spacial score (nSPS) is 15.2. The fourth-order valence-electron chi connectivity index (χ4n) is 5.75. The number of fused-ring (bicyclic) bond motifs is 2. The third-order valence-corrected chi connectivity index (χ3v) is 8.07. The van der Waals surface area contributed by atoms with Gasteiger partial charge in [0.2, 0.25) is 5.88 Å². The summed E-state index contributed by atoms with van der Waals surface area (Å²) in [5.74, 6) is 1.37. The number of methoxy groups -OCH3 is 1. The largest absolute Gasteiger partial charge is 0.480 e. The van der Waals surface area contributed by atoms with E-state index in [1.54, 1.807) is 57.1 Å². The van der Waals surface area contributed by atoms with Gasteiger partial charge in [-0.3, -0.25) is 0 Å². The summed E-state index contributed by atoms with van der Waals surface area (Å²) in [6.45, 7) is 5.58. The van der Waals surface area contributed by atoms with Crippen LogP contribution < -0.4 is 4.74 Å². The zero-order valence-electron chi connectivity index (χ0n) is 26.2. The molecule has 2 aliphatic rings. The Balaban J connectivity index is 1.16. The molecule has 0 radical (unpaired) electrons. The van der Waals surface area contributed by atoms with Crippen molar-refractivity contribution in [3.05, 3.63) is 65.6 Å². The first kappa shape index (κ1) is 30.6. The fourth-order valence-corrected chi connectivity index (χ4v) is 5.75. The first-order valence-corrected chi connectivity index (χ1v) is 15.2. The van der Waals surface area contributed by atoms with E-state index in [-0.39, 0.29) is 31.2 Å². The predicted octanol–water partition coefficient (Wildman–Crippen LogP) is 5.85. The molecule has 7 rings (SSSR count). The Kier molecular flexibility index (Phi) is 7.36. The number of nitrogens with zero attached hydrogens (tertiary/aromatic N) is 9. The topological polar surface area (TPSA) is 126 Å². The number of imidazole rings is 1. The second kappa shape index (κ2) is 11.3. The van der Waals surface area contributed by atoms with Gasteiger partial charge in [0.15, 0.2) is 17.2 Å². The van der Waals surface area contributed by atoms with Crippen LogP contribution in [0.4, 0.5) is 18.0 Å². The molecule has 12 nitrogen and oxygen atoms in total. The van der Waals surface area contributed by atoms with Gasteiger partial charge in [-0.05, 0) is 39.2 Å². The molecule has 1 saturated carbocycles. The summed E-state index contributed by atoms with van der Waals surface area (Å²) < 4.78 is 56.5. The van der Waals surface area contributed by atoms with Crippen molar-refractivity contribution in [3.63, 3.8) is 0 Å². The zero-order valence-corrected chi connectivity index (χ0v) is 26.2. The van der Waals surface area contributed by atoms with Crippen molar-refractivity contribution in [2.45, 2.75) is 70.9 Å². The highest BCUT2D eigenvalue weighted by Gasteiger charge is 2.41. The molecule has 0 spiro atoms. The van der Waals surface area contributed by atoms with E-state index in [4.69, 9.17) is 14.5 Å². The van der Waals surface area contributed by atoms with Gasteiger partial charge in [-0.1, -0.05) is 24.3 Å². The van der Waals surface area contributed by atoms with E-state index in [0.29, 0.717) is 40.9 Å². The Bertz CT molecular complexity index is 1980. The second-order valence-electron chi connectivity index (χ2n) is 12.7. The third-order valence-electron chi connectivity index (χ3n) is 8.07. The Morgan fingerprint density at radius 2 is 1.77 bits per heavy atom. The van der Waals surface area contributed by atoms with E-state index >= 15 is 0 Å². The molecule has 1 aliphatic heterocycles. The van der Waals surface area contributed by atoms with E-state index in [2.05, 4.69) is 25.0 Å². The molecule has 0 saturated heterocycles. The summed E-state index contributed by atoms with van der Waals surface area (Å²) >= 11 is 0. The number of rotatable bonds is 6. The summed E-state index contributed by atoms with van der Waals surface area (Å²) in [6, 6.07) is 7.14. The molecular weight excluding hydrogens is 615 g/mol. The molecule has 0 unspecified atom stereocenters. The monoisotopic (exact) mass is 647 g/mol. The number of carbonyl (C=O) groups is 1. The smallest absolute Gasteiger partial charge is 0.435 e. The first-order chi connectivity index (χ1) is 22.4. The maximum Gasteiger partial charge on any atom is 0.435 e. The Labute approximate surface area is 267 Å². The number of halogens is 3. The highest BCUT2D eigenvalue weighted by Crippen LogP contribution is 2.45. The number of aromatic nitrogens is 8. The van der Waals surface area contributed by atoms with Crippen LogP contribution in [0.1, 0.15) is 62.2 Å². The van der Waals surface area contributed by atoms with Crippen LogP contribution in [0.15, 0.2) is 43.0 Å². The van der Waals surface area contributed by atoms with Crippen molar-refractivity contribution in [3.8, 4) is 28.7 Å². The maximum atomic E-state index is 14.1. The fraction of sp³-hybridized carbons (Fsp3) is 0.406. The molecule has 1 aliphatic carbocycles. The lowest BCUT2D eigenvalue weighted by molar-refractivity contribution is -0.142. The molecular formula is C32H32F3N9O3. The van der Waals surface area contributed by atoms with Crippen molar-refractivity contribution < 1.29 is 27.4 Å². The second-order valence-corrected chi connectivity index (χ2v) is 12.7. The molecule has 1 amide bonds. The van der Waals surface area contributed by atoms with Crippen LogP contribution in [0, 0.1) is 0 Å². The summed E-state index contributed by atoms with van der Waals surface area (Å²) in [4.78, 5) is 36.1. The Hall–Kier alpha value is -5.08. The van der Waals surface area contributed by atoms with Gasteiger partial charge in [-0.2, -0.15) is 18.3 Å². The number of carbonyl (C=O) groups excluding carboxylic acids is 1. The van der Waals surface area contributed by atoms with Gasteiger partial charge in [-0.25, -0.2) is 34.4 Å². The molecule has 1 aromatic carbocycles. The SMILES string of the molecule is COc1ncnc(C2CC2)c1-c1ncc2cnn(Cc3ccc(-c4nc(C(F)(F)F)c5n4CCN(C(=O)OC(C)(C)C)C5)cc3)c2n1. The Morgan fingerprint density at radius 3 is 2.45 bits per heavy atom. The molecule has 5 aromatic rings. The number of alkyl halides is 3. The molecule has 0 atom stereocenters. The van der Waals surface area contributed by atoms with Crippen molar-refractivity contribution >= 4 is 17.1 Å². The molecule has 1 fully saturated rings. The van der Waals surface area contributed by atoms with E-state index < -0.39 is 23.6 Å². The highest BCUT2D eigenvalue weighted by atomic mass is 19.4. The minimum atomic E-state index is -4.69. The molecule has 5 heterocycles. The van der Waals surface area contributed by atoms with Crippen LogP contribution in [0.25, 0.3) is 33.8 Å². The summed E-state index contributed by atoms with van der Waals surface area (Å²) in [7, 11) is 1.55. The summed E-state index contributed by atoms with van der Waals surface area (Å²) in [6.07, 6.45) is 1.60. The van der Waals surface area contributed by atoms with E-state index in [1.165, 1.54) is 15.8 Å².